The van der Waals surface area contributed by atoms with Crippen molar-refractivity contribution < 1.29 is 18.6 Å². The molecular formula is C12H14N4O4S. The minimum Gasteiger partial charge on any atom is -0.504 e. The fourth-order valence-corrected chi connectivity index (χ4v) is 3.22. The van der Waals surface area contributed by atoms with Gasteiger partial charge in [0.15, 0.2) is 11.5 Å². The Morgan fingerprint density at radius 2 is 1.05 bits per heavy atom. The average Bonchev–Trinajstić information content (AvgIpc) is 2.41. The summed E-state index contributed by atoms with van der Waals surface area (Å²) in [5.74, 6) is -1.38. The monoisotopic (exact) mass is 310 g/mol. The first kappa shape index (κ1) is 14.6. The second kappa shape index (κ2) is 4.63. The van der Waals surface area contributed by atoms with E-state index in [-0.39, 0.29) is 22.7 Å². The van der Waals surface area contributed by atoms with Gasteiger partial charge in [-0.25, -0.2) is 8.42 Å². The number of phenols is 2. The van der Waals surface area contributed by atoms with Crippen LogP contribution in [-0.2, 0) is 9.84 Å². The van der Waals surface area contributed by atoms with Crippen molar-refractivity contribution in [2.75, 3.05) is 22.9 Å². The maximum atomic E-state index is 12.5. The maximum absolute atomic E-state index is 12.5. The maximum Gasteiger partial charge on any atom is 0.214 e. The van der Waals surface area contributed by atoms with Crippen molar-refractivity contribution in [1.82, 2.24) is 0 Å². The Kier molecular flexibility index (Phi) is 3.22. The van der Waals surface area contributed by atoms with Crippen LogP contribution in [0.1, 0.15) is 0 Å². The van der Waals surface area contributed by atoms with Crippen LogP contribution in [0, 0.1) is 0 Å². The molecule has 0 aromatic heterocycles. The van der Waals surface area contributed by atoms with Crippen LogP contribution in [0.15, 0.2) is 34.1 Å². The number of nitrogen functional groups attached to an aromatic ring is 4. The summed E-state index contributed by atoms with van der Waals surface area (Å²) in [5, 5.41) is 19.7. The van der Waals surface area contributed by atoms with E-state index in [4.69, 9.17) is 22.9 Å². The minimum atomic E-state index is -4.25. The molecule has 2 rings (SSSR count). The molecule has 0 bridgehead atoms. The Morgan fingerprint density at radius 3 is 1.38 bits per heavy atom. The van der Waals surface area contributed by atoms with Gasteiger partial charge in [0.05, 0.1) is 22.7 Å². The molecular weight excluding hydrogens is 296 g/mol. The lowest BCUT2D eigenvalue weighted by molar-refractivity contribution is 0.456. The summed E-state index contributed by atoms with van der Waals surface area (Å²) in [6.45, 7) is 0. The molecule has 0 aliphatic heterocycles. The van der Waals surface area contributed by atoms with E-state index in [1.165, 1.54) is 12.1 Å². The fourth-order valence-electron chi connectivity index (χ4n) is 1.76. The Hall–Kier alpha value is -2.81. The van der Waals surface area contributed by atoms with Crippen LogP contribution < -0.4 is 22.9 Å². The number of anilines is 4. The van der Waals surface area contributed by atoms with Crippen molar-refractivity contribution >= 4 is 32.6 Å². The van der Waals surface area contributed by atoms with Crippen molar-refractivity contribution in [2.45, 2.75) is 9.79 Å². The lowest BCUT2D eigenvalue weighted by atomic mass is 10.2. The Morgan fingerprint density at radius 1 is 0.714 bits per heavy atom. The highest BCUT2D eigenvalue weighted by Gasteiger charge is 2.27. The van der Waals surface area contributed by atoms with Crippen LogP contribution in [0.2, 0.25) is 0 Å². The summed E-state index contributed by atoms with van der Waals surface area (Å²) in [6, 6.07) is 4.64. The molecule has 2 aromatic carbocycles. The van der Waals surface area contributed by atoms with Crippen molar-refractivity contribution in [1.29, 1.82) is 0 Å². The van der Waals surface area contributed by atoms with Crippen molar-refractivity contribution in [3.63, 3.8) is 0 Å². The number of nitrogens with two attached hydrogens (primary N) is 4. The normalized spacial score (nSPS) is 11.4. The number of hydrogen-bond donors (Lipinski definition) is 6. The van der Waals surface area contributed by atoms with Gasteiger partial charge in [0.2, 0.25) is 9.84 Å². The molecule has 0 spiro atoms. The quantitative estimate of drug-likeness (QED) is 0.337. The zero-order valence-electron chi connectivity index (χ0n) is 10.7. The summed E-state index contributed by atoms with van der Waals surface area (Å²) in [6.07, 6.45) is 0. The van der Waals surface area contributed by atoms with Crippen LogP contribution in [0.4, 0.5) is 22.7 Å². The van der Waals surface area contributed by atoms with Crippen LogP contribution in [0.5, 0.6) is 11.5 Å². The van der Waals surface area contributed by atoms with Gasteiger partial charge in [-0.3, -0.25) is 0 Å². The van der Waals surface area contributed by atoms with Gasteiger partial charge in [0, 0.05) is 0 Å². The SMILES string of the molecule is Nc1ccc(S(=O)(=O)c2ccc(N)c(N)c2O)c(O)c1N. The van der Waals surface area contributed by atoms with Crippen LogP contribution >= 0.6 is 0 Å². The number of sulfone groups is 1. The van der Waals surface area contributed by atoms with Gasteiger partial charge >= 0.3 is 0 Å². The lowest BCUT2D eigenvalue weighted by Gasteiger charge is -2.13. The first-order valence-electron chi connectivity index (χ1n) is 5.66. The molecule has 0 fully saturated rings. The highest BCUT2D eigenvalue weighted by atomic mass is 32.2. The highest BCUT2D eigenvalue weighted by molar-refractivity contribution is 7.91. The average molecular weight is 310 g/mol. The van der Waals surface area contributed by atoms with Crippen LogP contribution in [-0.4, -0.2) is 18.6 Å². The predicted octanol–water partition coefficient (Wildman–Crippen LogP) is 0.259. The molecule has 0 unspecified atom stereocenters. The molecule has 0 heterocycles. The van der Waals surface area contributed by atoms with E-state index in [1.54, 1.807) is 0 Å². The minimum absolute atomic E-state index is 0.0347. The van der Waals surface area contributed by atoms with Gasteiger partial charge in [0.1, 0.15) is 9.79 Å². The fraction of sp³-hybridized carbons (Fsp3) is 0. The molecule has 112 valence electrons. The number of rotatable bonds is 2. The summed E-state index contributed by atoms with van der Waals surface area (Å²) in [7, 11) is -4.25. The van der Waals surface area contributed by atoms with Crippen molar-refractivity contribution in [3.8, 4) is 11.5 Å². The van der Waals surface area contributed by atoms with Gasteiger partial charge in [-0.2, -0.15) is 0 Å². The molecule has 0 atom stereocenters. The molecule has 0 saturated carbocycles. The van der Waals surface area contributed by atoms with Gasteiger partial charge < -0.3 is 33.1 Å². The van der Waals surface area contributed by atoms with E-state index in [2.05, 4.69) is 0 Å². The smallest absolute Gasteiger partial charge is 0.214 e. The third-order valence-corrected chi connectivity index (χ3v) is 4.82. The van der Waals surface area contributed by atoms with E-state index < -0.39 is 31.1 Å². The van der Waals surface area contributed by atoms with Crippen LogP contribution in [0.25, 0.3) is 0 Å². The molecule has 0 saturated heterocycles. The molecule has 0 radical (unpaired) electrons. The third-order valence-electron chi connectivity index (χ3n) is 3.01. The van der Waals surface area contributed by atoms with Crippen molar-refractivity contribution in [2.24, 2.45) is 0 Å². The van der Waals surface area contributed by atoms with E-state index >= 15 is 0 Å². The highest BCUT2D eigenvalue weighted by Crippen LogP contribution is 2.41. The number of phenolic OH excluding ortho intramolecular Hbond substituents is 2. The molecule has 0 aliphatic carbocycles. The van der Waals surface area contributed by atoms with Crippen LogP contribution in [0.3, 0.4) is 0 Å². The second-order valence-corrected chi connectivity index (χ2v) is 6.22. The summed E-state index contributed by atoms with van der Waals surface area (Å²) in [4.78, 5) is -0.984. The molecule has 2 aromatic rings. The first-order valence-corrected chi connectivity index (χ1v) is 7.15. The largest absolute Gasteiger partial charge is 0.504 e. The molecule has 9 heteroatoms. The lowest BCUT2D eigenvalue weighted by Crippen LogP contribution is -2.07. The second-order valence-electron chi connectivity index (χ2n) is 4.33. The molecule has 10 N–H and O–H groups in total. The number of aromatic hydroxyl groups is 2. The van der Waals surface area contributed by atoms with Gasteiger partial charge in [-0.05, 0) is 24.3 Å². The predicted molar refractivity (Wildman–Crippen MR) is 79.3 cm³/mol. The Bertz CT molecular complexity index is 770. The van der Waals surface area contributed by atoms with E-state index in [0.717, 1.165) is 12.1 Å². The number of hydrogen-bond acceptors (Lipinski definition) is 8. The standard InChI is InChI=1S/C12H14N4O4S/c13-5-1-3-7(11(17)9(5)15)21(19,20)8-4-2-6(14)10(16)12(8)18/h1-4,17-18H,13-16H2. The van der Waals surface area contributed by atoms with E-state index in [9.17, 15) is 18.6 Å². The summed E-state index contributed by atoms with van der Waals surface area (Å²) < 4.78 is 25.0. The summed E-state index contributed by atoms with van der Waals surface area (Å²) >= 11 is 0. The van der Waals surface area contributed by atoms with Crippen molar-refractivity contribution in [3.05, 3.63) is 24.3 Å². The first-order chi connectivity index (χ1) is 9.67. The zero-order valence-corrected chi connectivity index (χ0v) is 11.6. The van der Waals surface area contributed by atoms with E-state index in [0.29, 0.717) is 0 Å². The molecule has 0 aliphatic rings. The number of benzene rings is 2. The van der Waals surface area contributed by atoms with Gasteiger partial charge in [-0.15, -0.1) is 0 Å². The van der Waals surface area contributed by atoms with Gasteiger partial charge in [0.25, 0.3) is 0 Å². The topological polar surface area (TPSA) is 179 Å². The third kappa shape index (κ3) is 2.13. The molecule has 8 nitrogen and oxygen atoms in total. The zero-order chi connectivity index (χ0) is 15.9. The van der Waals surface area contributed by atoms with Gasteiger partial charge in [-0.1, -0.05) is 0 Å². The molecule has 21 heavy (non-hydrogen) atoms. The van der Waals surface area contributed by atoms with E-state index in [1.807, 2.05) is 0 Å². The Labute approximate surface area is 120 Å². The Balaban J connectivity index is 2.75. The summed E-state index contributed by atoms with van der Waals surface area (Å²) in [5.41, 5.74) is 21.5. The molecule has 0 amide bonds.